The van der Waals surface area contributed by atoms with Gasteiger partial charge >= 0.3 is 0 Å². The van der Waals surface area contributed by atoms with Gasteiger partial charge in [-0.15, -0.1) is 0 Å². The minimum absolute atomic E-state index is 0.190. The second kappa shape index (κ2) is 6.80. The van der Waals surface area contributed by atoms with E-state index in [1.165, 1.54) is 12.4 Å². The van der Waals surface area contributed by atoms with Crippen molar-refractivity contribution in [3.8, 4) is 0 Å². The Balaban J connectivity index is 2.41. The Morgan fingerprint density at radius 2 is 2.18 bits per heavy atom. The zero-order chi connectivity index (χ0) is 12.7. The third-order valence-corrected chi connectivity index (χ3v) is 2.46. The van der Waals surface area contributed by atoms with Gasteiger partial charge < -0.3 is 15.5 Å². The summed E-state index contributed by atoms with van der Waals surface area (Å²) in [4.78, 5) is 21.8. The number of carbonyl (C=O) groups is 1. The molecule has 1 aromatic rings. The van der Waals surface area contributed by atoms with Crippen LogP contribution in [0.4, 0.5) is 5.82 Å². The van der Waals surface area contributed by atoms with Crippen LogP contribution in [0.15, 0.2) is 12.4 Å². The molecule has 2 N–H and O–H groups in total. The van der Waals surface area contributed by atoms with Crippen LogP contribution in [-0.4, -0.2) is 54.5 Å². The lowest BCUT2D eigenvalue weighted by molar-refractivity contribution is 0.0945. The molecule has 94 valence electrons. The number of nitrogens with zero attached hydrogens (tertiary/aromatic N) is 3. The average Bonchev–Trinajstić information content (AvgIpc) is 2.38. The predicted octanol–water partition coefficient (Wildman–Crippen LogP) is 0.200. The van der Waals surface area contributed by atoms with Crippen molar-refractivity contribution in [3.05, 3.63) is 18.1 Å². The Morgan fingerprint density at radius 3 is 2.71 bits per heavy atom. The number of rotatable bonds is 6. The van der Waals surface area contributed by atoms with Gasteiger partial charge in [-0.3, -0.25) is 4.79 Å². The highest BCUT2D eigenvalue weighted by atomic mass is 16.1. The minimum Gasteiger partial charge on any atom is -0.372 e. The maximum absolute atomic E-state index is 11.7. The van der Waals surface area contributed by atoms with Crippen molar-refractivity contribution in [1.29, 1.82) is 0 Å². The predicted molar refractivity (Wildman–Crippen MR) is 67.1 cm³/mol. The average molecular weight is 237 g/mol. The van der Waals surface area contributed by atoms with E-state index in [1.807, 2.05) is 7.05 Å². The molecule has 1 heterocycles. The van der Waals surface area contributed by atoms with E-state index in [9.17, 15) is 4.79 Å². The van der Waals surface area contributed by atoms with E-state index in [-0.39, 0.29) is 5.91 Å². The summed E-state index contributed by atoms with van der Waals surface area (Å²) in [6.45, 7) is 4.47. The maximum atomic E-state index is 11.7. The van der Waals surface area contributed by atoms with E-state index < -0.39 is 0 Å². The molecule has 0 atom stereocenters. The quantitative estimate of drug-likeness (QED) is 0.739. The van der Waals surface area contributed by atoms with Gasteiger partial charge in [-0.1, -0.05) is 6.92 Å². The molecule has 0 fully saturated rings. The first-order valence-electron chi connectivity index (χ1n) is 5.64. The number of amides is 1. The molecular formula is C11H19N5O. The Labute approximate surface area is 101 Å². The van der Waals surface area contributed by atoms with Crippen LogP contribution in [0, 0.1) is 0 Å². The van der Waals surface area contributed by atoms with Crippen molar-refractivity contribution >= 4 is 11.7 Å². The zero-order valence-electron chi connectivity index (χ0n) is 10.5. The monoisotopic (exact) mass is 237 g/mol. The van der Waals surface area contributed by atoms with Gasteiger partial charge in [-0.05, 0) is 13.6 Å². The number of hydrogen-bond acceptors (Lipinski definition) is 5. The third-order valence-electron chi connectivity index (χ3n) is 2.46. The number of nitrogens with one attached hydrogen (secondary N) is 2. The number of hydrogen-bond donors (Lipinski definition) is 2. The fourth-order valence-electron chi connectivity index (χ4n) is 1.18. The molecule has 0 aliphatic heterocycles. The second-order valence-corrected chi connectivity index (χ2v) is 3.69. The maximum Gasteiger partial charge on any atom is 0.271 e. The standard InChI is InChI=1S/C11H19N5O/c1-4-16(3)6-5-13-11(17)9-7-15-10(12-2)8-14-9/h7-8H,4-6H2,1-3H3,(H,12,15)(H,13,17). The summed E-state index contributed by atoms with van der Waals surface area (Å²) in [6, 6.07) is 0. The first kappa shape index (κ1) is 13.4. The molecule has 0 aliphatic rings. The van der Waals surface area contributed by atoms with Crippen molar-refractivity contribution in [2.45, 2.75) is 6.92 Å². The summed E-state index contributed by atoms with van der Waals surface area (Å²) in [5.74, 6) is 0.455. The largest absolute Gasteiger partial charge is 0.372 e. The Morgan fingerprint density at radius 1 is 1.41 bits per heavy atom. The number of likely N-dealkylation sites (N-methyl/N-ethyl adjacent to an activating group) is 1. The van der Waals surface area contributed by atoms with Gasteiger partial charge in [0, 0.05) is 20.1 Å². The van der Waals surface area contributed by atoms with Crippen LogP contribution in [0.1, 0.15) is 17.4 Å². The van der Waals surface area contributed by atoms with Crippen LogP contribution in [0.5, 0.6) is 0 Å². The molecule has 0 aliphatic carbocycles. The molecule has 0 radical (unpaired) electrons. The number of anilines is 1. The normalized spacial score (nSPS) is 10.4. The summed E-state index contributed by atoms with van der Waals surface area (Å²) in [6.07, 6.45) is 3.00. The molecule has 0 saturated heterocycles. The molecule has 6 nitrogen and oxygen atoms in total. The summed E-state index contributed by atoms with van der Waals surface area (Å²) in [5, 5.41) is 5.64. The molecule has 0 saturated carbocycles. The van der Waals surface area contributed by atoms with Gasteiger partial charge in [0.15, 0.2) is 0 Å². The molecule has 1 amide bonds. The number of carbonyl (C=O) groups excluding carboxylic acids is 1. The van der Waals surface area contributed by atoms with Gasteiger partial charge in [0.25, 0.3) is 5.91 Å². The third kappa shape index (κ3) is 4.36. The second-order valence-electron chi connectivity index (χ2n) is 3.69. The van der Waals surface area contributed by atoms with E-state index >= 15 is 0 Å². The first-order valence-corrected chi connectivity index (χ1v) is 5.64. The van der Waals surface area contributed by atoms with Crippen molar-refractivity contribution in [3.63, 3.8) is 0 Å². The van der Waals surface area contributed by atoms with Crippen LogP contribution < -0.4 is 10.6 Å². The smallest absolute Gasteiger partial charge is 0.271 e. The highest BCUT2D eigenvalue weighted by molar-refractivity contribution is 5.91. The van der Waals surface area contributed by atoms with Gasteiger partial charge in [0.1, 0.15) is 11.5 Å². The molecule has 0 aromatic carbocycles. The van der Waals surface area contributed by atoms with Gasteiger partial charge in [0.05, 0.1) is 12.4 Å². The van der Waals surface area contributed by atoms with Gasteiger partial charge in [-0.25, -0.2) is 9.97 Å². The molecule has 1 rings (SSSR count). The van der Waals surface area contributed by atoms with Crippen LogP contribution in [0.2, 0.25) is 0 Å². The van der Waals surface area contributed by atoms with E-state index in [2.05, 4.69) is 32.4 Å². The molecule has 1 aromatic heterocycles. The Kier molecular flexibility index (Phi) is 5.35. The molecule has 6 heteroatoms. The van der Waals surface area contributed by atoms with Crippen LogP contribution in [0.25, 0.3) is 0 Å². The molecule has 17 heavy (non-hydrogen) atoms. The van der Waals surface area contributed by atoms with E-state index in [0.29, 0.717) is 18.1 Å². The summed E-state index contributed by atoms with van der Waals surface area (Å²) in [7, 11) is 3.76. The van der Waals surface area contributed by atoms with Crippen molar-refractivity contribution in [1.82, 2.24) is 20.2 Å². The van der Waals surface area contributed by atoms with Crippen LogP contribution in [-0.2, 0) is 0 Å². The van der Waals surface area contributed by atoms with Crippen molar-refractivity contribution in [2.75, 3.05) is 39.0 Å². The lowest BCUT2D eigenvalue weighted by Gasteiger charge is -2.13. The molecule has 0 bridgehead atoms. The lowest BCUT2D eigenvalue weighted by atomic mass is 10.4. The molecule has 0 unspecified atom stereocenters. The Hall–Kier alpha value is -1.69. The van der Waals surface area contributed by atoms with E-state index in [0.717, 1.165) is 13.1 Å². The van der Waals surface area contributed by atoms with Crippen LogP contribution in [0.3, 0.4) is 0 Å². The molecular weight excluding hydrogens is 218 g/mol. The van der Waals surface area contributed by atoms with E-state index in [4.69, 9.17) is 0 Å². The highest BCUT2D eigenvalue weighted by Crippen LogP contribution is 1.99. The summed E-state index contributed by atoms with van der Waals surface area (Å²) in [5.41, 5.74) is 0.336. The molecule has 0 spiro atoms. The summed E-state index contributed by atoms with van der Waals surface area (Å²) < 4.78 is 0. The summed E-state index contributed by atoms with van der Waals surface area (Å²) >= 11 is 0. The fourth-order valence-corrected chi connectivity index (χ4v) is 1.18. The van der Waals surface area contributed by atoms with Crippen molar-refractivity contribution in [2.24, 2.45) is 0 Å². The number of aromatic nitrogens is 2. The van der Waals surface area contributed by atoms with Crippen LogP contribution >= 0.6 is 0 Å². The van der Waals surface area contributed by atoms with Gasteiger partial charge in [0.2, 0.25) is 0 Å². The first-order chi connectivity index (χ1) is 8.17. The van der Waals surface area contributed by atoms with Gasteiger partial charge in [-0.2, -0.15) is 0 Å². The fraction of sp³-hybridized carbons (Fsp3) is 0.545. The SMILES string of the molecule is CCN(C)CCNC(=O)c1cnc(NC)cn1. The van der Waals surface area contributed by atoms with E-state index in [1.54, 1.807) is 7.05 Å². The Bertz CT molecular complexity index is 351. The zero-order valence-corrected chi connectivity index (χ0v) is 10.5. The highest BCUT2D eigenvalue weighted by Gasteiger charge is 2.07. The minimum atomic E-state index is -0.190. The topological polar surface area (TPSA) is 70.2 Å². The van der Waals surface area contributed by atoms with Crippen molar-refractivity contribution < 1.29 is 4.79 Å². The lowest BCUT2D eigenvalue weighted by Crippen LogP contribution is -2.33.